The zero-order chi connectivity index (χ0) is 29.8. The molecule has 1 aliphatic heterocycles. The van der Waals surface area contributed by atoms with Gasteiger partial charge >= 0.3 is 0 Å². The van der Waals surface area contributed by atoms with Gasteiger partial charge in [-0.1, -0.05) is 44.2 Å². The van der Waals surface area contributed by atoms with Crippen LogP contribution in [-0.4, -0.2) is 57.6 Å². The van der Waals surface area contributed by atoms with Crippen molar-refractivity contribution in [1.82, 2.24) is 25.2 Å². The number of nitrogens with one attached hydrogen (secondary N) is 2. The Morgan fingerprint density at radius 1 is 1.14 bits per heavy atom. The van der Waals surface area contributed by atoms with Crippen LogP contribution in [0.15, 0.2) is 54.5 Å². The Bertz CT molecular complexity index is 1720. The maximum Gasteiger partial charge on any atom is 0.295 e. The number of piperidine rings is 1. The molecule has 1 fully saturated rings. The van der Waals surface area contributed by atoms with Crippen molar-refractivity contribution in [3.05, 3.63) is 70.5 Å². The molecule has 4 aromatic rings. The van der Waals surface area contributed by atoms with Gasteiger partial charge in [-0.3, -0.25) is 14.4 Å². The van der Waals surface area contributed by atoms with Gasteiger partial charge in [0.1, 0.15) is 16.5 Å². The fourth-order valence-corrected chi connectivity index (χ4v) is 5.79. The van der Waals surface area contributed by atoms with Crippen molar-refractivity contribution in [2.24, 2.45) is 5.92 Å². The molecule has 2 amide bonds. The Labute approximate surface area is 247 Å². The number of fused-ring (bicyclic) bond motifs is 1. The largest absolute Gasteiger partial charge is 0.494 e. The van der Waals surface area contributed by atoms with Crippen LogP contribution < -0.4 is 10.1 Å². The van der Waals surface area contributed by atoms with E-state index in [1.165, 1.54) is 35.7 Å². The number of methoxy groups -OCH3 is 1. The molecular formula is C31H30N6O4S. The van der Waals surface area contributed by atoms with E-state index in [0.717, 1.165) is 16.0 Å². The molecule has 42 heavy (non-hydrogen) atoms. The van der Waals surface area contributed by atoms with E-state index < -0.39 is 11.7 Å². The highest BCUT2D eigenvalue weighted by Crippen LogP contribution is 2.36. The van der Waals surface area contributed by atoms with Crippen molar-refractivity contribution in [2.75, 3.05) is 20.2 Å². The van der Waals surface area contributed by atoms with Crippen LogP contribution >= 0.6 is 11.3 Å². The van der Waals surface area contributed by atoms with Gasteiger partial charge in [0.25, 0.3) is 11.7 Å². The molecule has 0 aliphatic carbocycles. The second-order valence-electron chi connectivity index (χ2n) is 10.2. The molecule has 1 aliphatic rings. The van der Waals surface area contributed by atoms with Crippen LogP contribution in [-0.2, 0) is 16.1 Å². The van der Waals surface area contributed by atoms with Gasteiger partial charge in [-0.2, -0.15) is 5.26 Å². The molecule has 214 valence electrons. The topological polar surface area (TPSA) is 141 Å². The summed E-state index contributed by atoms with van der Waals surface area (Å²) in [6, 6.07) is 11.8. The summed E-state index contributed by atoms with van der Waals surface area (Å²) in [7, 11) is 1.48. The lowest BCUT2D eigenvalue weighted by Gasteiger charge is -2.28. The molecule has 4 heterocycles. The number of aromatic nitrogens is 3. The van der Waals surface area contributed by atoms with Crippen molar-refractivity contribution < 1.29 is 19.1 Å². The van der Waals surface area contributed by atoms with E-state index >= 15 is 0 Å². The molecule has 0 spiro atoms. The number of thiazole rings is 1. The molecule has 0 atom stereocenters. The lowest BCUT2D eigenvalue weighted by atomic mass is 9.93. The SMILES string of the molecule is COc1cnc(-c2ncc(CNC(=O)C(C)C)s2)c2[nH]cc(C(=O)C(=O)N3CCC(=C(C#N)c4ccccc4)CC3)c12. The average molecular weight is 583 g/mol. The first-order valence-electron chi connectivity index (χ1n) is 13.6. The minimum atomic E-state index is -0.649. The summed E-state index contributed by atoms with van der Waals surface area (Å²) >= 11 is 1.38. The third-order valence-electron chi connectivity index (χ3n) is 7.23. The van der Waals surface area contributed by atoms with Gasteiger partial charge in [0.05, 0.1) is 48.0 Å². The van der Waals surface area contributed by atoms with E-state index in [1.807, 2.05) is 44.2 Å². The summed E-state index contributed by atoms with van der Waals surface area (Å²) in [5, 5.41) is 13.7. The molecule has 3 aromatic heterocycles. The number of Topliss-reactive ketones (excluding diaryl/α,β-unsaturated/α-hetero) is 1. The maximum absolute atomic E-state index is 13.5. The number of ether oxygens (including phenoxy) is 1. The number of nitriles is 1. The highest BCUT2D eigenvalue weighted by molar-refractivity contribution is 7.15. The minimum absolute atomic E-state index is 0.0465. The summed E-state index contributed by atoms with van der Waals surface area (Å²) < 4.78 is 5.52. The predicted molar refractivity (Wildman–Crippen MR) is 160 cm³/mol. The van der Waals surface area contributed by atoms with Crippen LogP contribution in [0.25, 0.3) is 27.2 Å². The summed E-state index contributed by atoms with van der Waals surface area (Å²) in [5.41, 5.74) is 3.71. The third kappa shape index (κ3) is 5.66. The monoisotopic (exact) mass is 582 g/mol. The molecule has 2 N–H and O–H groups in total. The molecule has 0 radical (unpaired) electrons. The number of likely N-dealkylation sites (tertiary alicyclic amines) is 1. The van der Waals surface area contributed by atoms with Gasteiger partial charge in [-0.25, -0.2) is 9.97 Å². The Hall–Kier alpha value is -4.82. The number of aromatic amines is 1. The molecule has 0 bridgehead atoms. The lowest BCUT2D eigenvalue weighted by Crippen LogP contribution is -2.40. The van der Waals surface area contributed by atoms with Crippen LogP contribution in [0, 0.1) is 17.2 Å². The number of H-pyrrole nitrogens is 1. The number of hydrogen-bond acceptors (Lipinski definition) is 8. The van der Waals surface area contributed by atoms with Crippen molar-refractivity contribution in [3.8, 4) is 22.5 Å². The third-order valence-corrected chi connectivity index (χ3v) is 8.24. The van der Waals surface area contributed by atoms with Crippen molar-refractivity contribution in [3.63, 3.8) is 0 Å². The van der Waals surface area contributed by atoms with Gasteiger partial charge < -0.3 is 19.9 Å². The highest BCUT2D eigenvalue weighted by Gasteiger charge is 2.30. The first-order chi connectivity index (χ1) is 20.3. The van der Waals surface area contributed by atoms with Crippen molar-refractivity contribution >= 4 is 45.4 Å². The van der Waals surface area contributed by atoms with Crippen LogP contribution in [0.5, 0.6) is 5.75 Å². The summed E-state index contributed by atoms with van der Waals surface area (Å²) in [4.78, 5) is 53.4. The van der Waals surface area contributed by atoms with Crippen LogP contribution in [0.4, 0.5) is 0 Å². The van der Waals surface area contributed by atoms with Crippen LogP contribution in [0.3, 0.4) is 0 Å². The maximum atomic E-state index is 13.5. The van der Waals surface area contributed by atoms with E-state index in [-0.39, 0.29) is 17.4 Å². The Balaban J connectivity index is 1.37. The predicted octanol–water partition coefficient (Wildman–Crippen LogP) is 4.75. The molecule has 5 rings (SSSR count). The van der Waals surface area contributed by atoms with E-state index in [2.05, 4.69) is 26.3 Å². The molecule has 0 unspecified atom stereocenters. The normalized spacial score (nSPS) is 13.2. The van der Waals surface area contributed by atoms with E-state index in [4.69, 9.17) is 4.74 Å². The Morgan fingerprint density at radius 2 is 1.88 bits per heavy atom. The standard InChI is InChI=1S/C31H30N6O4S/c1-18(2)29(39)35-14-21-15-36-30(42-21)27-26-25(24(41-3)17-34-27)23(16-33-26)28(38)31(40)37-11-9-20(10-12-37)22(13-32)19-7-5-4-6-8-19/h4-8,15-18,33H,9-12,14H2,1-3H3,(H,35,39). The Morgan fingerprint density at radius 3 is 2.55 bits per heavy atom. The van der Waals surface area contributed by atoms with Crippen molar-refractivity contribution in [1.29, 1.82) is 5.26 Å². The minimum Gasteiger partial charge on any atom is -0.494 e. The van der Waals surface area contributed by atoms with Gasteiger partial charge in [-0.05, 0) is 24.0 Å². The number of carbonyl (C=O) groups is 3. The fraction of sp³-hybridized carbons (Fsp3) is 0.290. The van der Waals surface area contributed by atoms with Gasteiger partial charge in [0, 0.05) is 36.3 Å². The van der Waals surface area contributed by atoms with Gasteiger partial charge in [-0.15, -0.1) is 11.3 Å². The summed E-state index contributed by atoms with van der Waals surface area (Å²) in [6.07, 6.45) is 5.75. The molecule has 1 saturated heterocycles. The van der Waals surface area contributed by atoms with Gasteiger partial charge in [0.15, 0.2) is 0 Å². The van der Waals surface area contributed by atoms with E-state index in [1.54, 1.807) is 6.20 Å². The number of amides is 2. The first-order valence-corrected chi connectivity index (χ1v) is 14.4. The molecular weight excluding hydrogens is 552 g/mol. The van der Waals surface area contributed by atoms with Crippen LogP contribution in [0.1, 0.15) is 47.5 Å². The van der Waals surface area contributed by atoms with Crippen LogP contribution in [0.2, 0.25) is 0 Å². The molecule has 11 heteroatoms. The molecule has 0 saturated carbocycles. The smallest absolute Gasteiger partial charge is 0.295 e. The second kappa shape index (κ2) is 12.4. The van der Waals surface area contributed by atoms with Crippen molar-refractivity contribution in [2.45, 2.75) is 33.2 Å². The number of rotatable bonds is 8. The Kier molecular flexibility index (Phi) is 8.45. The first kappa shape index (κ1) is 28.7. The van der Waals surface area contributed by atoms with Gasteiger partial charge in [0.2, 0.25) is 5.91 Å². The zero-order valence-electron chi connectivity index (χ0n) is 23.6. The zero-order valence-corrected chi connectivity index (χ0v) is 24.4. The fourth-order valence-electron chi connectivity index (χ4n) is 4.93. The van der Waals surface area contributed by atoms with E-state index in [0.29, 0.717) is 65.4 Å². The number of benzene rings is 1. The number of hydrogen-bond donors (Lipinski definition) is 2. The number of allylic oxidation sites excluding steroid dienone is 1. The quantitative estimate of drug-likeness (QED) is 0.174. The number of nitrogens with zero attached hydrogens (tertiary/aromatic N) is 4. The highest BCUT2D eigenvalue weighted by atomic mass is 32.1. The van der Waals surface area contributed by atoms with E-state index in [9.17, 15) is 19.6 Å². The second-order valence-corrected chi connectivity index (χ2v) is 11.3. The molecule has 1 aromatic carbocycles. The summed E-state index contributed by atoms with van der Waals surface area (Å²) in [5.74, 6) is -1.06. The number of ketones is 1. The average Bonchev–Trinajstić information content (AvgIpc) is 3.68. The summed E-state index contributed by atoms with van der Waals surface area (Å²) in [6.45, 7) is 4.71. The number of carbonyl (C=O) groups excluding carboxylic acids is 3. The number of pyridine rings is 1. The lowest BCUT2D eigenvalue weighted by molar-refractivity contribution is -0.127. The molecule has 10 nitrogen and oxygen atoms in total.